The number of fused-ring (bicyclic) bond motifs is 15. The van der Waals surface area contributed by atoms with Crippen molar-refractivity contribution in [2.75, 3.05) is 4.90 Å². The lowest BCUT2D eigenvalue weighted by atomic mass is 9.94. The number of rotatable bonds is 7. The van der Waals surface area contributed by atoms with Crippen LogP contribution in [0, 0.1) is 0 Å². The highest BCUT2D eigenvalue weighted by atomic mass is 16.3. The Hall–Kier alpha value is -8.40. The van der Waals surface area contributed by atoms with Gasteiger partial charge < -0.3 is 13.7 Å². The third-order valence-electron chi connectivity index (χ3n) is 13.1. The Labute approximate surface area is 363 Å². The van der Waals surface area contributed by atoms with Crippen LogP contribution in [0.3, 0.4) is 0 Å². The molecular weight excluding hydrogens is 765 g/mol. The van der Waals surface area contributed by atoms with Crippen LogP contribution in [0.25, 0.3) is 109 Å². The Balaban J connectivity index is 0.952. The third-order valence-corrected chi connectivity index (χ3v) is 13.1. The fourth-order valence-electron chi connectivity index (χ4n) is 10.2. The van der Waals surface area contributed by atoms with Gasteiger partial charge in [-0.1, -0.05) is 146 Å². The smallest absolute Gasteiger partial charge is 0.135 e. The van der Waals surface area contributed by atoms with Gasteiger partial charge in [0.1, 0.15) is 11.2 Å². The molecule has 3 aromatic heterocycles. The minimum Gasteiger partial charge on any atom is -0.456 e. The second-order valence-electron chi connectivity index (χ2n) is 16.5. The zero-order valence-corrected chi connectivity index (χ0v) is 34.3. The van der Waals surface area contributed by atoms with Crippen LogP contribution < -0.4 is 4.90 Å². The molecule has 3 heteroatoms. The van der Waals surface area contributed by atoms with Crippen LogP contribution in [0.15, 0.2) is 230 Å². The molecule has 0 aliphatic heterocycles. The number of furan rings is 1. The second kappa shape index (κ2) is 13.8. The molecular formula is C60H38N2O. The van der Waals surface area contributed by atoms with E-state index in [2.05, 4.69) is 216 Å². The maximum atomic E-state index is 6.15. The summed E-state index contributed by atoms with van der Waals surface area (Å²) in [5, 5.41) is 14.8. The quantitative estimate of drug-likeness (QED) is 0.118. The summed E-state index contributed by atoms with van der Waals surface area (Å²) in [5.74, 6) is 0. The van der Waals surface area contributed by atoms with Gasteiger partial charge in [-0.2, -0.15) is 0 Å². The molecule has 0 spiro atoms. The first kappa shape index (κ1) is 35.4. The summed E-state index contributed by atoms with van der Waals surface area (Å²) >= 11 is 0. The van der Waals surface area contributed by atoms with Crippen LogP contribution in [0.5, 0.6) is 0 Å². The van der Waals surface area contributed by atoms with Crippen LogP contribution in [-0.4, -0.2) is 4.40 Å². The predicted molar refractivity (Wildman–Crippen MR) is 269 cm³/mol. The molecule has 0 saturated heterocycles. The third kappa shape index (κ3) is 5.40. The van der Waals surface area contributed by atoms with Gasteiger partial charge in [0.05, 0.1) is 16.6 Å². The molecule has 0 atom stereocenters. The van der Waals surface area contributed by atoms with Gasteiger partial charge in [-0.15, -0.1) is 0 Å². The number of anilines is 2. The van der Waals surface area contributed by atoms with Gasteiger partial charge in [0.25, 0.3) is 0 Å². The van der Waals surface area contributed by atoms with Crippen molar-refractivity contribution in [3.05, 3.63) is 231 Å². The first-order valence-corrected chi connectivity index (χ1v) is 21.5. The average molecular weight is 803 g/mol. The van der Waals surface area contributed by atoms with Crippen molar-refractivity contribution in [3.63, 3.8) is 0 Å². The molecule has 0 amide bonds. The molecule has 0 radical (unpaired) electrons. The number of hydrogen-bond acceptors (Lipinski definition) is 2. The lowest BCUT2D eigenvalue weighted by molar-refractivity contribution is 0.669. The number of aromatic nitrogens is 1. The van der Waals surface area contributed by atoms with Gasteiger partial charge in [0.15, 0.2) is 0 Å². The Kier molecular flexibility index (Phi) is 7.76. The van der Waals surface area contributed by atoms with Crippen molar-refractivity contribution in [2.45, 2.75) is 0 Å². The molecule has 13 rings (SSSR count). The molecule has 63 heavy (non-hydrogen) atoms. The Bertz CT molecular complexity index is 3930. The number of hydrogen-bond donors (Lipinski definition) is 0. The van der Waals surface area contributed by atoms with E-state index >= 15 is 0 Å². The Morgan fingerprint density at radius 2 is 0.952 bits per heavy atom. The van der Waals surface area contributed by atoms with Crippen LogP contribution in [0.1, 0.15) is 5.56 Å². The van der Waals surface area contributed by atoms with E-state index in [9.17, 15) is 0 Å². The van der Waals surface area contributed by atoms with E-state index in [0.29, 0.717) is 0 Å². The molecule has 0 unspecified atom stereocenters. The highest BCUT2D eigenvalue weighted by Crippen LogP contribution is 2.42. The monoisotopic (exact) mass is 802 g/mol. The predicted octanol–water partition coefficient (Wildman–Crippen LogP) is 16.8. The summed E-state index contributed by atoms with van der Waals surface area (Å²) in [4.78, 5) is 2.30. The zero-order chi connectivity index (χ0) is 41.6. The van der Waals surface area contributed by atoms with Gasteiger partial charge in [0, 0.05) is 49.9 Å². The molecule has 0 bridgehead atoms. The minimum absolute atomic E-state index is 0.900. The molecule has 294 valence electrons. The second-order valence-corrected chi connectivity index (χ2v) is 16.5. The molecule has 0 aliphatic rings. The summed E-state index contributed by atoms with van der Waals surface area (Å²) in [7, 11) is 0. The van der Waals surface area contributed by atoms with Crippen molar-refractivity contribution >= 4 is 109 Å². The van der Waals surface area contributed by atoms with E-state index in [-0.39, 0.29) is 0 Å². The van der Waals surface area contributed by atoms with E-state index in [1.54, 1.807) is 0 Å². The molecule has 3 nitrogen and oxygen atoms in total. The van der Waals surface area contributed by atoms with Crippen LogP contribution in [0.2, 0.25) is 0 Å². The molecule has 0 aliphatic carbocycles. The summed E-state index contributed by atoms with van der Waals surface area (Å²) < 4.78 is 8.57. The van der Waals surface area contributed by atoms with Gasteiger partial charge >= 0.3 is 0 Å². The van der Waals surface area contributed by atoms with E-state index in [4.69, 9.17) is 4.42 Å². The molecule has 13 aromatic rings. The van der Waals surface area contributed by atoms with Crippen LogP contribution >= 0.6 is 0 Å². The van der Waals surface area contributed by atoms with Crippen molar-refractivity contribution in [1.29, 1.82) is 0 Å². The first-order valence-electron chi connectivity index (χ1n) is 21.5. The first-order chi connectivity index (χ1) is 31.2. The zero-order valence-electron chi connectivity index (χ0n) is 34.3. The van der Waals surface area contributed by atoms with E-state index < -0.39 is 0 Å². The highest BCUT2D eigenvalue weighted by molar-refractivity contribution is 6.26. The summed E-state index contributed by atoms with van der Waals surface area (Å²) in [6.07, 6.45) is 8.51. The normalized spacial score (nSPS) is 12.5. The maximum Gasteiger partial charge on any atom is 0.135 e. The average Bonchev–Trinajstić information content (AvgIpc) is 4.01. The summed E-state index contributed by atoms with van der Waals surface area (Å²) in [6, 6.07) is 70.2. The molecule has 0 N–H and O–H groups in total. The van der Waals surface area contributed by atoms with Gasteiger partial charge in [-0.05, 0) is 127 Å². The topological polar surface area (TPSA) is 20.8 Å². The lowest BCUT2D eigenvalue weighted by Gasteiger charge is -2.22. The molecule has 3 heterocycles. The largest absolute Gasteiger partial charge is 0.456 e. The SMILES string of the molecule is C=CC(=CC=CN(c1ccc(-c2ccc3oc4ccccc4c3c2)cc1)c1ccc2c3ccccc3c3ccccc3c2c1)c1cc2c3ccccc3n3c4ccccc4c(c1)c23. The van der Waals surface area contributed by atoms with Crippen LogP contribution in [-0.2, 0) is 0 Å². The van der Waals surface area contributed by atoms with Crippen molar-refractivity contribution in [3.8, 4) is 11.1 Å². The highest BCUT2D eigenvalue weighted by Gasteiger charge is 2.19. The fraction of sp³-hybridized carbons (Fsp3) is 0. The van der Waals surface area contributed by atoms with Crippen molar-refractivity contribution in [1.82, 2.24) is 4.40 Å². The molecule has 0 saturated carbocycles. The fourth-order valence-corrected chi connectivity index (χ4v) is 10.2. The number of allylic oxidation sites excluding steroid dienone is 4. The minimum atomic E-state index is 0.900. The van der Waals surface area contributed by atoms with Crippen LogP contribution in [0.4, 0.5) is 11.4 Å². The Morgan fingerprint density at radius 1 is 0.429 bits per heavy atom. The lowest BCUT2D eigenvalue weighted by Crippen LogP contribution is -2.08. The van der Waals surface area contributed by atoms with Crippen molar-refractivity contribution in [2.24, 2.45) is 0 Å². The van der Waals surface area contributed by atoms with E-state index in [1.165, 1.54) is 70.4 Å². The molecule has 10 aromatic carbocycles. The van der Waals surface area contributed by atoms with Gasteiger partial charge in [-0.3, -0.25) is 0 Å². The van der Waals surface area contributed by atoms with Gasteiger partial charge in [-0.25, -0.2) is 0 Å². The number of nitrogens with zero attached hydrogens (tertiary/aromatic N) is 2. The van der Waals surface area contributed by atoms with E-state index in [1.807, 2.05) is 18.2 Å². The van der Waals surface area contributed by atoms with Gasteiger partial charge in [0.2, 0.25) is 0 Å². The molecule has 0 fully saturated rings. The Morgan fingerprint density at radius 3 is 1.60 bits per heavy atom. The van der Waals surface area contributed by atoms with E-state index in [0.717, 1.165) is 55.6 Å². The number of para-hydroxylation sites is 3. The maximum absolute atomic E-state index is 6.15. The number of benzene rings is 10. The standard InChI is InChI=1S/C60H38N2O/c1-2-38(41-35-54-49-19-7-10-22-56(49)62-57-23-11-8-20-50(57)55(36-41)60(54)62)14-13-33-61(43-30-31-48-46-17-4-3-15-44(46)45-16-5-6-18-47(45)52(48)37-43)42-28-25-39(26-29-42)40-27-32-59-53(34-40)51-21-9-12-24-58(51)63-59/h2-37H,1H2. The summed E-state index contributed by atoms with van der Waals surface area (Å²) in [6.45, 7) is 4.33. The summed E-state index contributed by atoms with van der Waals surface area (Å²) in [5.41, 5.74) is 12.2. The van der Waals surface area contributed by atoms with Crippen molar-refractivity contribution < 1.29 is 4.42 Å².